The van der Waals surface area contributed by atoms with Crippen molar-refractivity contribution in [3.05, 3.63) is 121 Å². The van der Waals surface area contributed by atoms with Crippen LogP contribution in [0.15, 0.2) is 126 Å². The zero-order chi connectivity index (χ0) is 23.6. The van der Waals surface area contributed by atoms with Crippen LogP contribution in [0.5, 0.6) is 11.5 Å². The third kappa shape index (κ3) is 2.85. The molecule has 7 aromatic rings. The molecule has 0 N–H and O–H groups in total. The molecule has 36 heavy (non-hydrogen) atoms. The number of ether oxygens (including phenoxy) is 1. The van der Waals surface area contributed by atoms with Crippen molar-refractivity contribution < 1.29 is 9.15 Å². The number of furan rings is 1. The highest BCUT2D eigenvalue weighted by Gasteiger charge is 2.20. The topological polar surface area (TPSA) is 22.4 Å². The minimum Gasteiger partial charge on any atom is -0.456 e. The zero-order valence-electron chi connectivity index (χ0n) is 19.4. The van der Waals surface area contributed by atoms with Gasteiger partial charge in [-0.25, -0.2) is 0 Å². The van der Waals surface area contributed by atoms with Gasteiger partial charge in [-0.15, -0.1) is 0 Å². The maximum absolute atomic E-state index is 6.29. The minimum absolute atomic E-state index is 0.899. The van der Waals surface area contributed by atoms with Crippen LogP contribution in [0.25, 0.3) is 66.1 Å². The highest BCUT2D eigenvalue weighted by atomic mass is 16.5. The van der Waals surface area contributed by atoms with Gasteiger partial charge in [0.25, 0.3) is 0 Å². The van der Waals surface area contributed by atoms with Crippen LogP contribution in [0.1, 0.15) is 0 Å². The molecule has 0 unspecified atom stereocenters. The summed E-state index contributed by atoms with van der Waals surface area (Å²) in [5.41, 5.74) is 8.83. The fourth-order valence-electron chi connectivity index (χ4n) is 5.53. The van der Waals surface area contributed by atoms with E-state index in [0.717, 1.165) is 50.1 Å². The van der Waals surface area contributed by atoms with E-state index in [4.69, 9.17) is 9.15 Å². The van der Waals surface area contributed by atoms with Crippen LogP contribution in [0.3, 0.4) is 0 Å². The van der Waals surface area contributed by atoms with Crippen LogP contribution in [-0.4, -0.2) is 0 Å². The van der Waals surface area contributed by atoms with E-state index in [1.165, 1.54) is 27.5 Å². The van der Waals surface area contributed by atoms with E-state index in [1.807, 2.05) is 18.2 Å². The second kappa shape index (κ2) is 7.34. The Bertz CT molecular complexity index is 1970. The number of fused-ring (bicyclic) bond motifs is 5. The van der Waals surface area contributed by atoms with Crippen LogP contribution in [0, 0.1) is 0 Å². The molecule has 168 valence electrons. The third-order valence-electron chi connectivity index (χ3n) is 7.26. The fraction of sp³-hybridized carbons (Fsp3) is 0. The van der Waals surface area contributed by atoms with Gasteiger partial charge in [-0.1, -0.05) is 78.9 Å². The number of hydrogen-bond donors (Lipinski definition) is 0. The number of benzene rings is 6. The Morgan fingerprint density at radius 1 is 0.417 bits per heavy atom. The van der Waals surface area contributed by atoms with Gasteiger partial charge in [0.2, 0.25) is 0 Å². The molecule has 1 aliphatic rings. The van der Waals surface area contributed by atoms with Crippen molar-refractivity contribution in [2.75, 3.05) is 0 Å². The molecular weight excluding hydrogens is 440 g/mol. The second-order valence-corrected chi connectivity index (χ2v) is 9.36. The SMILES string of the molecule is c1cc(-c2ccc3c(c2)-c2cccc4cccc(c24)O3)cc(-c2ccc3c(c2)oc2ccccc23)c1. The summed E-state index contributed by atoms with van der Waals surface area (Å²) in [6, 6.07) is 42.6. The number of rotatable bonds is 2. The normalized spacial score (nSPS) is 12.1. The molecule has 0 spiro atoms. The van der Waals surface area contributed by atoms with Crippen LogP contribution in [0.4, 0.5) is 0 Å². The van der Waals surface area contributed by atoms with Crippen molar-refractivity contribution in [3.8, 4) is 44.9 Å². The van der Waals surface area contributed by atoms with Gasteiger partial charge in [-0.3, -0.25) is 0 Å². The van der Waals surface area contributed by atoms with E-state index < -0.39 is 0 Å². The van der Waals surface area contributed by atoms with E-state index in [2.05, 4.69) is 103 Å². The molecule has 0 aliphatic carbocycles. The number of para-hydroxylation sites is 1. The second-order valence-electron chi connectivity index (χ2n) is 9.36. The van der Waals surface area contributed by atoms with E-state index in [9.17, 15) is 0 Å². The van der Waals surface area contributed by atoms with E-state index in [-0.39, 0.29) is 0 Å². The van der Waals surface area contributed by atoms with Gasteiger partial charge >= 0.3 is 0 Å². The lowest BCUT2D eigenvalue weighted by Gasteiger charge is -2.22. The molecule has 0 bridgehead atoms. The third-order valence-corrected chi connectivity index (χ3v) is 7.26. The highest BCUT2D eigenvalue weighted by molar-refractivity contribution is 6.06. The summed E-state index contributed by atoms with van der Waals surface area (Å²) < 4.78 is 12.4. The summed E-state index contributed by atoms with van der Waals surface area (Å²) in [5, 5.41) is 4.68. The van der Waals surface area contributed by atoms with Crippen molar-refractivity contribution in [3.63, 3.8) is 0 Å². The summed E-state index contributed by atoms with van der Waals surface area (Å²) in [6.45, 7) is 0. The Kier molecular flexibility index (Phi) is 3.97. The molecule has 6 aromatic carbocycles. The molecule has 0 amide bonds. The largest absolute Gasteiger partial charge is 0.456 e. The van der Waals surface area contributed by atoms with Gasteiger partial charge in [-0.2, -0.15) is 0 Å². The van der Waals surface area contributed by atoms with Gasteiger partial charge in [0, 0.05) is 21.7 Å². The Morgan fingerprint density at radius 2 is 1.14 bits per heavy atom. The predicted molar refractivity (Wildman–Crippen MR) is 148 cm³/mol. The fourth-order valence-corrected chi connectivity index (χ4v) is 5.53. The van der Waals surface area contributed by atoms with Gasteiger partial charge in [0.05, 0.1) is 0 Å². The van der Waals surface area contributed by atoms with Gasteiger partial charge in [0.15, 0.2) is 0 Å². The van der Waals surface area contributed by atoms with Crippen LogP contribution in [0.2, 0.25) is 0 Å². The molecule has 1 aliphatic heterocycles. The molecule has 0 radical (unpaired) electrons. The van der Waals surface area contributed by atoms with Gasteiger partial charge in [-0.05, 0) is 75.7 Å². The lowest BCUT2D eigenvalue weighted by molar-refractivity contribution is 0.487. The molecule has 2 heteroatoms. The first-order valence-corrected chi connectivity index (χ1v) is 12.2. The lowest BCUT2D eigenvalue weighted by atomic mass is 9.91. The Balaban J connectivity index is 1.24. The molecule has 0 saturated heterocycles. The summed E-state index contributed by atoms with van der Waals surface area (Å²) >= 11 is 0. The molecule has 0 atom stereocenters. The first-order valence-electron chi connectivity index (χ1n) is 12.2. The molecular formula is C34H20O2. The van der Waals surface area contributed by atoms with Crippen LogP contribution < -0.4 is 4.74 Å². The van der Waals surface area contributed by atoms with Crippen molar-refractivity contribution in [2.45, 2.75) is 0 Å². The molecule has 0 fully saturated rings. The van der Waals surface area contributed by atoms with Crippen molar-refractivity contribution in [1.29, 1.82) is 0 Å². The standard InChI is InChI=1S/C34H20O2/c1-2-12-30-26(10-1)27-16-14-25(20-33(27)36-30)23-9-3-8-22(18-23)24-15-17-31-29(19-24)28-11-4-6-21-7-5-13-32(35-31)34(21)28/h1-20H. The van der Waals surface area contributed by atoms with Crippen molar-refractivity contribution >= 4 is 32.7 Å². The van der Waals surface area contributed by atoms with Crippen molar-refractivity contribution in [1.82, 2.24) is 0 Å². The highest BCUT2D eigenvalue weighted by Crippen LogP contribution is 2.47. The van der Waals surface area contributed by atoms with E-state index >= 15 is 0 Å². The van der Waals surface area contributed by atoms with Crippen LogP contribution >= 0.6 is 0 Å². The average Bonchev–Trinajstić information content (AvgIpc) is 3.31. The molecule has 2 heterocycles. The predicted octanol–water partition coefficient (Wildman–Crippen LogP) is 9.85. The summed E-state index contributed by atoms with van der Waals surface area (Å²) in [5.74, 6) is 1.82. The lowest BCUT2D eigenvalue weighted by Crippen LogP contribution is -1.97. The van der Waals surface area contributed by atoms with E-state index in [0.29, 0.717) is 0 Å². The Labute approximate surface area is 208 Å². The Morgan fingerprint density at radius 3 is 2.06 bits per heavy atom. The summed E-state index contributed by atoms with van der Waals surface area (Å²) in [7, 11) is 0. The van der Waals surface area contributed by atoms with Gasteiger partial charge in [0.1, 0.15) is 22.7 Å². The maximum atomic E-state index is 6.29. The first kappa shape index (κ1) is 19.5. The first-order chi connectivity index (χ1) is 17.8. The van der Waals surface area contributed by atoms with Gasteiger partial charge < -0.3 is 9.15 Å². The number of hydrogen-bond acceptors (Lipinski definition) is 2. The Hall–Kier alpha value is -4.82. The monoisotopic (exact) mass is 460 g/mol. The van der Waals surface area contributed by atoms with Crippen LogP contribution in [-0.2, 0) is 0 Å². The quantitative estimate of drug-likeness (QED) is 0.256. The summed E-state index contributed by atoms with van der Waals surface area (Å²) in [4.78, 5) is 0. The molecule has 8 rings (SSSR count). The van der Waals surface area contributed by atoms with E-state index in [1.54, 1.807) is 0 Å². The molecule has 2 nitrogen and oxygen atoms in total. The smallest absolute Gasteiger partial charge is 0.136 e. The zero-order valence-corrected chi connectivity index (χ0v) is 19.4. The van der Waals surface area contributed by atoms with Crippen molar-refractivity contribution in [2.24, 2.45) is 0 Å². The minimum atomic E-state index is 0.899. The molecule has 1 aromatic heterocycles. The maximum Gasteiger partial charge on any atom is 0.136 e. The average molecular weight is 461 g/mol. The summed E-state index contributed by atoms with van der Waals surface area (Å²) in [6.07, 6.45) is 0. The molecule has 0 saturated carbocycles.